The molecule has 0 amide bonds. The van der Waals surface area contributed by atoms with Crippen molar-refractivity contribution in [3.63, 3.8) is 0 Å². The number of rotatable bonds is 8. The van der Waals surface area contributed by atoms with Gasteiger partial charge < -0.3 is 15.2 Å². The Morgan fingerprint density at radius 2 is 1.56 bits per heavy atom. The van der Waals surface area contributed by atoms with Gasteiger partial charge in [-0.1, -0.05) is 49.3 Å². The van der Waals surface area contributed by atoms with Crippen LogP contribution in [0.25, 0.3) is 0 Å². The molecule has 0 saturated carbocycles. The zero-order chi connectivity index (χ0) is 19.8. The second-order valence-corrected chi connectivity index (χ2v) is 7.04. The number of nitrogens with two attached hydrogens (primary N) is 1. The minimum atomic E-state index is 0.0902. The number of para-hydroxylation sites is 1. The molecule has 0 aliphatic heterocycles. The first-order valence-electron chi connectivity index (χ1n) is 8.56. The lowest BCUT2D eigenvalue weighted by Crippen LogP contribution is -2.06. The number of anilines is 1. The summed E-state index contributed by atoms with van der Waals surface area (Å²) >= 11 is 7.91. The highest BCUT2D eigenvalue weighted by molar-refractivity contribution is 7.99. The van der Waals surface area contributed by atoms with Crippen LogP contribution < -0.4 is 15.2 Å². The van der Waals surface area contributed by atoms with Gasteiger partial charge in [0.05, 0.1) is 18.1 Å². The first kappa shape index (κ1) is 20.8. The molecule has 0 aliphatic rings. The topological polar surface area (TPSA) is 92.1 Å². The third-order valence-corrected chi connectivity index (χ3v) is 5.22. The summed E-state index contributed by atoms with van der Waals surface area (Å²) in [6, 6.07) is 11.5. The van der Waals surface area contributed by atoms with Crippen molar-refractivity contribution in [1.82, 2.24) is 0 Å². The number of nitrogens with zero attached hydrogens (tertiary/aromatic N) is 2. The summed E-state index contributed by atoms with van der Waals surface area (Å²) in [7, 11) is 0. The van der Waals surface area contributed by atoms with Crippen LogP contribution in [0, 0.1) is 22.7 Å². The standard InChI is InChI=1S/C20H20ClN3O2S/c1-3-9-25-18-13(11-22)14(12-23)19(26-10-4-2)20(17(18)21)27-16-8-6-5-7-15(16)24/h5-8H,3-4,9-10,24H2,1-2H3. The average molecular weight is 402 g/mol. The van der Waals surface area contributed by atoms with Crippen LogP contribution in [-0.4, -0.2) is 13.2 Å². The van der Waals surface area contributed by atoms with Gasteiger partial charge in [0.1, 0.15) is 28.3 Å². The van der Waals surface area contributed by atoms with Gasteiger partial charge in [-0.2, -0.15) is 10.5 Å². The molecule has 140 valence electrons. The van der Waals surface area contributed by atoms with Gasteiger partial charge in [-0.05, 0) is 25.0 Å². The Balaban J connectivity index is 2.72. The Morgan fingerprint density at radius 1 is 1.00 bits per heavy atom. The van der Waals surface area contributed by atoms with Gasteiger partial charge in [-0.3, -0.25) is 0 Å². The molecule has 0 radical (unpaired) electrons. The maximum Gasteiger partial charge on any atom is 0.158 e. The van der Waals surface area contributed by atoms with E-state index in [2.05, 4.69) is 6.07 Å². The molecule has 2 aromatic rings. The fourth-order valence-corrected chi connectivity index (χ4v) is 3.66. The van der Waals surface area contributed by atoms with Crippen LogP contribution in [0.3, 0.4) is 0 Å². The molecule has 5 nitrogen and oxygen atoms in total. The maximum absolute atomic E-state index is 9.70. The van der Waals surface area contributed by atoms with E-state index in [1.165, 1.54) is 11.8 Å². The summed E-state index contributed by atoms with van der Waals surface area (Å²) in [5, 5.41) is 19.6. The molecule has 0 bridgehead atoms. The van der Waals surface area contributed by atoms with E-state index in [1.54, 1.807) is 6.07 Å². The van der Waals surface area contributed by atoms with Crippen molar-refractivity contribution in [1.29, 1.82) is 10.5 Å². The summed E-state index contributed by atoms with van der Waals surface area (Å²) < 4.78 is 11.5. The summed E-state index contributed by atoms with van der Waals surface area (Å²) in [6.45, 7) is 4.68. The van der Waals surface area contributed by atoms with Gasteiger partial charge in [0, 0.05) is 10.6 Å². The Hall–Kier alpha value is -2.54. The highest BCUT2D eigenvalue weighted by Crippen LogP contribution is 2.49. The van der Waals surface area contributed by atoms with Gasteiger partial charge in [0.2, 0.25) is 0 Å². The molecule has 0 fully saturated rings. The van der Waals surface area contributed by atoms with Gasteiger partial charge in [0.25, 0.3) is 0 Å². The van der Waals surface area contributed by atoms with E-state index < -0.39 is 0 Å². The molecule has 0 saturated heterocycles. The van der Waals surface area contributed by atoms with Crippen LogP contribution in [0.5, 0.6) is 11.5 Å². The molecule has 2 aromatic carbocycles. The number of hydrogen-bond donors (Lipinski definition) is 1. The second-order valence-electron chi connectivity index (χ2n) is 5.61. The van der Waals surface area contributed by atoms with Crippen molar-refractivity contribution in [2.45, 2.75) is 36.5 Å². The molecule has 0 aromatic heterocycles. The number of nitriles is 2. The Morgan fingerprint density at radius 3 is 2.11 bits per heavy atom. The lowest BCUT2D eigenvalue weighted by molar-refractivity contribution is 0.301. The quantitative estimate of drug-likeness (QED) is 0.595. The molecule has 2 N–H and O–H groups in total. The zero-order valence-electron chi connectivity index (χ0n) is 15.2. The Bertz CT molecular complexity index is 904. The van der Waals surface area contributed by atoms with E-state index in [0.29, 0.717) is 23.8 Å². The van der Waals surface area contributed by atoms with Crippen LogP contribution in [0.15, 0.2) is 34.1 Å². The van der Waals surface area contributed by atoms with E-state index in [4.69, 9.17) is 26.8 Å². The molecule has 0 unspecified atom stereocenters. The van der Waals surface area contributed by atoms with Crippen LogP contribution in [-0.2, 0) is 0 Å². The Labute approximate surface area is 168 Å². The van der Waals surface area contributed by atoms with Crippen molar-refractivity contribution in [3.05, 3.63) is 40.4 Å². The van der Waals surface area contributed by atoms with Crippen molar-refractivity contribution < 1.29 is 9.47 Å². The highest BCUT2D eigenvalue weighted by atomic mass is 35.5. The second kappa shape index (κ2) is 9.97. The van der Waals surface area contributed by atoms with Gasteiger partial charge in [-0.25, -0.2) is 0 Å². The fraction of sp³-hybridized carbons (Fsp3) is 0.300. The Kier molecular flexibility index (Phi) is 7.67. The summed E-state index contributed by atoms with van der Waals surface area (Å²) in [5.74, 6) is 0.497. The van der Waals surface area contributed by atoms with Crippen LogP contribution in [0.1, 0.15) is 37.8 Å². The predicted molar refractivity (Wildman–Crippen MR) is 107 cm³/mol. The monoisotopic (exact) mass is 401 g/mol. The minimum Gasteiger partial charge on any atom is -0.491 e. The van der Waals surface area contributed by atoms with E-state index in [1.807, 2.05) is 38.1 Å². The number of halogens is 1. The lowest BCUT2D eigenvalue weighted by Gasteiger charge is -2.19. The number of nitrogen functional groups attached to an aromatic ring is 1. The first-order chi connectivity index (χ1) is 13.1. The van der Waals surface area contributed by atoms with E-state index in [0.717, 1.165) is 17.7 Å². The largest absolute Gasteiger partial charge is 0.491 e. The third-order valence-electron chi connectivity index (χ3n) is 3.56. The smallest absolute Gasteiger partial charge is 0.158 e. The van der Waals surface area contributed by atoms with Crippen molar-refractivity contribution in [3.8, 4) is 23.6 Å². The van der Waals surface area contributed by atoms with Crippen LogP contribution in [0.2, 0.25) is 5.02 Å². The van der Waals surface area contributed by atoms with E-state index in [9.17, 15) is 10.5 Å². The number of ether oxygens (including phenoxy) is 2. The SMILES string of the molecule is CCCOc1c(Cl)c(Sc2ccccc2N)c(OCCC)c(C#N)c1C#N. The zero-order valence-corrected chi connectivity index (χ0v) is 16.8. The highest BCUT2D eigenvalue weighted by Gasteiger charge is 2.26. The summed E-state index contributed by atoms with van der Waals surface area (Å²) in [5.41, 5.74) is 6.86. The van der Waals surface area contributed by atoms with Gasteiger partial charge >= 0.3 is 0 Å². The third kappa shape index (κ3) is 4.60. The molecule has 0 atom stereocenters. The molecule has 27 heavy (non-hydrogen) atoms. The average Bonchev–Trinajstić information content (AvgIpc) is 2.68. The minimum absolute atomic E-state index is 0.0902. The molecule has 0 heterocycles. The van der Waals surface area contributed by atoms with Crippen molar-refractivity contribution in [2.24, 2.45) is 0 Å². The van der Waals surface area contributed by atoms with Crippen LogP contribution in [0.4, 0.5) is 5.69 Å². The van der Waals surface area contributed by atoms with E-state index in [-0.39, 0.29) is 27.6 Å². The molecule has 0 aliphatic carbocycles. The first-order valence-corrected chi connectivity index (χ1v) is 9.75. The summed E-state index contributed by atoms with van der Waals surface area (Å²) in [6.07, 6.45) is 1.49. The van der Waals surface area contributed by atoms with Crippen molar-refractivity contribution >= 4 is 29.1 Å². The lowest BCUT2D eigenvalue weighted by atomic mass is 10.1. The molecule has 7 heteroatoms. The summed E-state index contributed by atoms with van der Waals surface area (Å²) in [4.78, 5) is 1.29. The van der Waals surface area contributed by atoms with Gasteiger partial charge in [0.15, 0.2) is 11.5 Å². The number of hydrogen-bond acceptors (Lipinski definition) is 6. The van der Waals surface area contributed by atoms with E-state index >= 15 is 0 Å². The van der Waals surface area contributed by atoms with Gasteiger partial charge in [-0.15, -0.1) is 0 Å². The molecular formula is C20H20ClN3O2S. The molecule has 0 spiro atoms. The van der Waals surface area contributed by atoms with Crippen LogP contribution >= 0.6 is 23.4 Å². The van der Waals surface area contributed by atoms with Crippen molar-refractivity contribution in [2.75, 3.05) is 18.9 Å². The fourth-order valence-electron chi connectivity index (χ4n) is 2.32. The number of benzene rings is 2. The normalized spacial score (nSPS) is 10.1. The predicted octanol–water partition coefficient (Wildman–Crippen LogP) is 5.39. The maximum atomic E-state index is 9.70. The molecule has 2 rings (SSSR count). The molecular weight excluding hydrogens is 382 g/mol.